The summed E-state index contributed by atoms with van der Waals surface area (Å²) in [6.45, 7) is 40.7. The number of hydrogen-bond acceptors (Lipinski definition) is 9. The number of amides is 1. The van der Waals surface area contributed by atoms with Gasteiger partial charge in [-0.2, -0.15) is 0 Å². The highest BCUT2D eigenvalue weighted by molar-refractivity contribution is 6.75. The molecule has 2 rings (SSSR count). The van der Waals surface area contributed by atoms with E-state index in [-0.39, 0.29) is 52.2 Å². The fourth-order valence-corrected chi connectivity index (χ4v) is 9.61. The molecular weight excluding hydrogens is 759 g/mol. The van der Waals surface area contributed by atoms with Gasteiger partial charge in [-0.3, -0.25) is 9.63 Å². The van der Waals surface area contributed by atoms with E-state index in [0.717, 1.165) is 11.3 Å². The fourth-order valence-electron chi connectivity index (χ4n) is 5.87. The Kier molecular flexibility index (Phi) is 17.9. The third-order valence-corrected chi connectivity index (χ3v) is 26.6. The van der Waals surface area contributed by atoms with Gasteiger partial charge in [0.15, 0.2) is 25.0 Å². The Labute approximate surface area is 344 Å². The first-order chi connectivity index (χ1) is 25.4. The molecule has 10 nitrogen and oxygen atoms in total. The Morgan fingerprint density at radius 1 is 0.857 bits per heavy atom. The molecule has 1 aliphatic heterocycles. The van der Waals surface area contributed by atoms with Crippen LogP contribution >= 0.6 is 0 Å². The van der Waals surface area contributed by atoms with Crippen molar-refractivity contribution in [1.82, 2.24) is 5.06 Å². The Bertz CT molecular complexity index is 1380. The number of hydrogen-bond donors (Lipinski definition) is 1. The lowest BCUT2D eigenvalue weighted by Gasteiger charge is -2.46. The topological polar surface area (TPSA) is 108 Å². The monoisotopic (exact) mass is 840 g/mol. The molecule has 0 spiro atoms. The van der Waals surface area contributed by atoms with Gasteiger partial charge in [0, 0.05) is 31.4 Å². The number of carbonyl (C=O) groups excluding carboxylic acids is 1. The molecule has 0 aromatic heterocycles. The highest BCUT2D eigenvalue weighted by atomic mass is 28.4. The van der Waals surface area contributed by atoms with Crippen LogP contribution in [0.15, 0.2) is 36.9 Å². The summed E-state index contributed by atoms with van der Waals surface area (Å²) in [6, 6.07) is 7.89. The quantitative estimate of drug-likeness (QED) is 0.0529. The van der Waals surface area contributed by atoms with Crippen LogP contribution in [0.5, 0.6) is 5.75 Å². The number of rotatable bonds is 22. The SMILES string of the molecule is C=C[C@H]([C@@H](O)[C@H](CO[Si](C)(C)C(C)(C)C)[C@H](O[Si](C)(C)C(C)(C)C)[C@H]1O[C@@H]1[C@@H](C)COCc1ccc(OC)cc1)[C@H](CC(=O)N(C)OC)O[Si](C)(C)C(C)(C)C. The van der Waals surface area contributed by atoms with Crippen molar-refractivity contribution in [2.45, 2.75) is 167 Å². The molecule has 0 saturated carbocycles. The summed E-state index contributed by atoms with van der Waals surface area (Å²) in [6.07, 6.45) is -0.865. The van der Waals surface area contributed by atoms with E-state index in [1.165, 1.54) is 12.2 Å². The Morgan fingerprint density at radius 2 is 1.38 bits per heavy atom. The smallest absolute Gasteiger partial charge is 0.248 e. The van der Waals surface area contributed by atoms with Gasteiger partial charge in [-0.25, -0.2) is 5.06 Å². The van der Waals surface area contributed by atoms with Crippen LogP contribution in [0.1, 0.15) is 81.2 Å². The molecule has 324 valence electrons. The van der Waals surface area contributed by atoms with E-state index in [1.807, 2.05) is 24.3 Å². The van der Waals surface area contributed by atoms with E-state index < -0.39 is 55.1 Å². The number of hydroxylamine groups is 2. The molecule has 1 N–H and O–H groups in total. The molecule has 1 aliphatic rings. The van der Waals surface area contributed by atoms with Crippen LogP contribution in [0.3, 0.4) is 0 Å². The van der Waals surface area contributed by atoms with E-state index in [0.29, 0.717) is 13.2 Å². The number of nitrogens with zero attached hydrogens (tertiary/aromatic N) is 1. The van der Waals surface area contributed by atoms with Crippen molar-refractivity contribution in [3.05, 3.63) is 42.5 Å². The van der Waals surface area contributed by atoms with Crippen LogP contribution in [0, 0.1) is 17.8 Å². The molecular formula is C43H81NO9Si3. The second-order valence-corrected chi connectivity index (χ2v) is 34.8. The maximum Gasteiger partial charge on any atom is 0.248 e. The van der Waals surface area contributed by atoms with E-state index in [4.69, 9.17) is 32.3 Å². The Morgan fingerprint density at radius 3 is 1.84 bits per heavy atom. The lowest BCUT2D eigenvalue weighted by Crippen LogP contribution is -2.55. The van der Waals surface area contributed by atoms with Gasteiger partial charge in [0.1, 0.15) is 11.9 Å². The number of epoxide rings is 1. The number of carbonyl (C=O) groups is 1. The first kappa shape index (κ1) is 50.7. The van der Waals surface area contributed by atoms with Gasteiger partial charge in [-0.05, 0) is 72.1 Å². The molecule has 0 unspecified atom stereocenters. The number of aliphatic hydroxyl groups is 1. The Hall–Kier alpha value is -1.40. The fraction of sp³-hybridized carbons (Fsp3) is 0.791. The highest BCUT2D eigenvalue weighted by Gasteiger charge is 2.56. The van der Waals surface area contributed by atoms with Crippen molar-refractivity contribution in [1.29, 1.82) is 0 Å². The molecule has 8 atom stereocenters. The van der Waals surface area contributed by atoms with E-state index >= 15 is 0 Å². The van der Waals surface area contributed by atoms with Gasteiger partial charge < -0.3 is 32.6 Å². The summed E-state index contributed by atoms with van der Waals surface area (Å²) in [7, 11) is -2.46. The third-order valence-electron chi connectivity index (χ3n) is 13.1. The summed E-state index contributed by atoms with van der Waals surface area (Å²) in [5, 5.41) is 13.8. The summed E-state index contributed by atoms with van der Waals surface area (Å²) in [5.41, 5.74) is 1.07. The molecule has 0 bridgehead atoms. The summed E-state index contributed by atoms with van der Waals surface area (Å²) < 4.78 is 39.5. The molecule has 1 aromatic rings. The minimum atomic E-state index is -2.44. The number of methoxy groups -OCH3 is 1. The van der Waals surface area contributed by atoms with Gasteiger partial charge >= 0.3 is 0 Å². The maximum absolute atomic E-state index is 13.5. The summed E-state index contributed by atoms with van der Waals surface area (Å²) in [4.78, 5) is 18.8. The highest BCUT2D eigenvalue weighted by Crippen LogP contribution is 2.46. The molecule has 1 fully saturated rings. The molecule has 1 saturated heterocycles. The normalized spacial score (nSPS) is 20.4. The van der Waals surface area contributed by atoms with Crippen molar-refractivity contribution in [2.75, 3.05) is 34.5 Å². The van der Waals surface area contributed by atoms with Crippen molar-refractivity contribution in [3.8, 4) is 5.75 Å². The van der Waals surface area contributed by atoms with Crippen molar-refractivity contribution in [2.24, 2.45) is 17.8 Å². The van der Waals surface area contributed by atoms with Crippen LogP contribution in [-0.2, 0) is 39.0 Å². The zero-order valence-electron chi connectivity index (χ0n) is 38.7. The van der Waals surface area contributed by atoms with Crippen molar-refractivity contribution < 1.29 is 42.2 Å². The number of ether oxygens (including phenoxy) is 3. The standard InChI is InChI=1S/C43H81NO9Si3/c1-21-33(35(26-36(45)44(12)48-14)52-55(17,18)42(6,7)8)37(46)34(29-50-54(15,16)41(3,4)5)39(53-56(19,20)43(9,10)11)40-38(51-40)30(2)27-49-28-31-22-24-32(47-13)25-23-31/h21-25,30,33-35,37-40,46H,1,26-29H2,2-20H3/t30-,33-,34-,35-,37+,38+,39-,40-/m0/s1. The predicted octanol–water partition coefficient (Wildman–Crippen LogP) is 9.61. The van der Waals surface area contributed by atoms with Crippen molar-refractivity contribution >= 4 is 30.9 Å². The van der Waals surface area contributed by atoms with Crippen LogP contribution in [-0.4, -0.2) is 106 Å². The number of benzene rings is 1. The zero-order valence-corrected chi connectivity index (χ0v) is 41.7. The van der Waals surface area contributed by atoms with E-state index in [9.17, 15) is 9.90 Å². The average Bonchev–Trinajstić information content (AvgIpc) is 3.87. The van der Waals surface area contributed by atoms with E-state index in [1.54, 1.807) is 20.2 Å². The minimum absolute atomic E-state index is 0.0132. The second-order valence-electron chi connectivity index (χ2n) is 20.5. The molecule has 0 aliphatic carbocycles. The van der Waals surface area contributed by atoms with Crippen LogP contribution in [0.2, 0.25) is 54.4 Å². The molecule has 0 radical (unpaired) electrons. The summed E-state index contributed by atoms with van der Waals surface area (Å²) in [5.74, 6) is -0.518. The van der Waals surface area contributed by atoms with Gasteiger partial charge in [0.25, 0.3) is 0 Å². The van der Waals surface area contributed by atoms with Crippen molar-refractivity contribution in [3.63, 3.8) is 0 Å². The third kappa shape index (κ3) is 13.6. The predicted molar refractivity (Wildman–Crippen MR) is 235 cm³/mol. The van der Waals surface area contributed by atoms with Crippen LogP contribution in [0.25, 0.3) is 0 Å². The molecule has 1 heterocycles. The van der Waals surface area contributed by atoms with Gasteiger partial charge in [-0.1, -0.05) is 87.4 Å². The van der Waals surface area contributed by atoms with Crippen LogP contribution < -0.4 is 4.74 Å². The molecule has 56 heavy (non-hydrogen) atoms. The molecule has 1 aromatic carbocycles. The molecule has 13 heteroatoms. The Balaban J connectivity index is 2.63. The lowest BCUT2D eigenvalue weighted by atomic mass is 9.81. The largest absolute Gasteiger partial charge is 0.497 e. The minimum Gasteiger partial charge on any atom is -0.497 e. The zero-order chi connectivity index (χ0) is 43.2. The average molecular weight is 840 g/mol. The summed E-state index contributed by atoms with van der Waals surface area (Å²) >= 11 is 0. The number of aliphatic hydroxyl groups excluding tert-OH is 1. The second kappa shape index (κ2) is 19.8. The maximum atomic E-state index is 13.5. The van der Waals surface area contributed by atoms with Gasteiger partial charge in [0.2, 0.25) is 5.91 Å². The first-order valence-electron chi connectivity index (χ1n) is 20.4. The molecule has 1 amide bonds. The van der Waals surface area contributed by atoms with Gasteiger partial charge in [0.05, 0.1) is 58.3 Å². The first-order valence-corrected chi connectivity index (χ1v) is 29.1. The van der Waals surface area contributed by atoms with Crippen LogP contribution in [0.4, 0.5) is 0 Å². The lowest BCUT2D eigenvalue weighted by molar-refractivity contribution is -0.171. The van der Waals surface area contributed by atoms with E-state index in [2.05, 4.69) is 115 Å². The van der Waals surface area contributed by atoms with Gasteiger partial charge in [-0.15, -0.1) is 6.58 Å².